The number of anilines is 5. The summed E-state index contributed by atoms with van der Waals surface area (Å²) in [6.45, 7) is 3.66. The van der Waals surface area contributed by atoms with Gasteiger partial charge >= 0.3 is 0 Å². The lowest BCUT2D eigenvalue weighted by Crippen LogP contribution is -2.31. The smallest absolute Gasteiger partial charge is 0.229 e. The maximum Gasteiger partial charge on any atom is 0.229 e. The van der Waals surface area contributed by atoms with Crippen LogP contribution in [0.25, 0.3) is 0 Å². The molecule has 3 N–H and O–H groups in total. The van der Waals surface area contributed by atoms with E-state index in [-0.39, 0.29) is 23.1 Å². The van der Waals surface area contributed by atoms with Crippen LogP contribution in [0.5, 0.6) is 23.0 Å². The van der Waals surface area contributed by atoms with Gasteiger partial charge in [-0.3, -0.25) is 4.72 Å². The zero-order chi connectivity index (χ0) is 30.1. The van der Waals surface area contributed by atoms with Crippen LogP contribution in [0.3, 0.4) is 0 Å². The van der Waals surface area contributed by atoms with Gasteiger partial charge in [-0.15, -0.1) is 0 Å². The van der Waals surface area contributed by atoms with Gasteiger partial charge in [-0.1, -0.05) is 6.42 Å². The number of methoxy groups -OCH3 is 3. The first kappa shape index (κ1) is 30.9. The number of aromatic nitrogens is 2. The molecule has 4 rings (SSSR count). The van der Waals surface area contributed by atoms with Crippen molar-refractivity contribution in [2.24, 2.45) is 0 Å². The molecule has 0 saturated carbocycles. The van der Waals surface area contributed by atoms with Crippen LogP contribution < -0.4 is 34.3 Å². The van der Waals surface area contributed by atoms with Crippen molar-refractivity contribution in [3.63, 3.8) is 0 Å². The van der Waals surface area contributed by atoms with Gasteiger partial charge in [0.15, 0.2) is 23.1 Å². The number of sulfonamides is 1. The standard InChI is InChI=1S/C28H37FN6O6S/c1-38-24-15-19(16-25(39-2)26(24)40-3)31-28-30-18-21(29)27(33-28)32-22-10-9-20(17-23(22)34-42(4,36)37)41-14-8-13-35-11-6-5-7-12-35/h9-10,15-18,34H,5-8,11-14H2,1-4H3,(H2,30,31,32,33). The van der Waals surface area contributed by atoms with E-state index in [1.54, 1.807) is 30.3 Å². The Hall–Kier alpha value is -4.04. The average Bonchev–Trinajstić information content (AvgIpc) is 2.97. The van der Waals surface area contributed by atoms with E-state index in [9.17, 15) is 12.8 Å². The Labute approximate surface area is 245 Å². The number of nitrogens with one attached hydrogen (secondary N) is 3. The SMILES string of the molecule is COc1cc(Nc2ncc(F)c(Nc3ccc(OCCCN4CCCCC4)cc3NS(C)(=O)=O)n2)cc(OC)c1OC. The molecule has 0 bridgehead atoms. The van der Waals surface area contributed by atoms with Gasteiger partial charge in [0.25, 0.3) is 0 Å². The quantitative estimate of drug-likeness (QED) is 0.220. The van der Waals surface area contributed by atoms with Gasteiger partial charge in [0.1, 0.15) is 5.75 Å². The van der Waals surface area contributed by atoms with E-state index in [0.29, 0.717) is 35.3 Å². The average molecular weight is 605 g/mol. The van der Waals surface area contributed by atoms with Crippen molar-refractivity contribution >= 4 is 38.9 Å². The molecule has 1 fully saturated rings. The van der Waals surface area contributed by atoms with Gasteiger partial charge in [0.2, 0.25) is 21.7 Å². The van der Waals surface area contributed by atoms with Gasteiger partial charge in [0, 0.05) is 30.4 Å². The third kappa shape index (κ3) is 8.49. The number of piperidine rings is 1. The zero-order valence-corrected chi connectivity index (χ0v) is 25.0. The number of rotatable bonds is 14. The molecule has 1 aliphatic heterocycles. The summed E-state index contributed by atoms with van der Waals surface area (Å²) >= 11 is 0. The molecule has 42 heavy (non-hydrogen) atoms. The maximum absolute atomic E-state index is 14.8. The molecule has 12 nitrogen and oxygen atoms in total. The summed E-state index contributed by atoms with van der Waals surface area (Å²) in [5.74, 6) is 0.863. The van der Waals surface area contributed by atoms with Crippen LogP contribution in [-0.2, 0) is 10.0 Å². The highest BCUT2D eigenvalue weighted by molar-refractivity contribution is 7.92. The van der Waals surface area contributed by atoms with E-state index in [0.717, 1.165) is 38.5 Å². The molecule has 2 heterocycles. The summed E-state index contributed by atoms with van der Waals surface area (Å²) in [6, 6.07) is 8.14. The fourth-order valence-corrected chi connectivity index (χ4v) is 5.16. The summed E-state index contributed by atoms with van der Waals surface area (Å²) in [4.78, 5) is 10.7. The number of halogens is 1. The Morgan fingerprint density at radius 2 is 1.67 bits per heavy atom. The summed E-state index contributed by atoms with van der Waals surface area (Å²) in [6.07, 6.45) is 6.62. The highest BCUT2D eigenvalue weighted by Gasteiger charge is 2.17. The summed E-state index contributed by atoms with van der Waals surface area (Å²) in [7, 11) is 0.828. The fraction of sp³-hybridized carbons (Fsp3) is 0.429. The predicted octanol–water partition coefficient (Wildman–Crippen LogP) is 4.76. The van der Waals surface area contributed by atoms with Crippen molar-refractivity contribution in [1.82, 2.24) is 14.9 Å². The first-order chi connectivity index (χ1) is 20.2. The molecule has 3 aromatic rings. The summed E-state index contributed by atoms with van der Waals surface area (Å²) < 4.78 is 63.4. The Morgan fingerprint density at radius 1 is 0.952 bits per heavy atom. The number of hydrogen-bond acceptors (Lipinski definition) is 11. The molecule has 0 amide bonds. The molecule has 0 spiro atoms. The van der Waals surface area contributed by atoms with Crippen LogP contribution in [0, 0.1) is 5.82 Å². The molecule has 0 atom stereocenters. The third-order valence-corrected chi connectivity index (χ3v) is 7.13. The van der Waals surface area contributed by atoms with Crippen LogP contribution in [0.15, 0.2) is 36.5 Å². The second-order valence-electron chi connectivity index (χ2n) is 9.74. The van der Waals surface area contributed by atoms with Gasteiger partial charge in [-0.2, -0.15) is 4.98 Å². The Bertz CT molecular complexity index is 1440. The molecule has 2 aromatic carbocycles. The number of ether oxygens (including phenoxy) is 4. The van der Waals surface area contributed by atoms with Crippen molar-refractivity contribution in [2.75, 3.05) is 69.2 Å². The molecule has 1 saturated heterocycles. The molecular weight excluding hydrogens is 567 g/mol. The molecule has 0 unspecified atom stereocenters. The van der Waals surface area contributed by atoms with Crippen molar-refractivity contribution in [3.05, 3.63) is 42.3 Å². The van der Waals surface area contributed by atoms with Crippen molar-refractivity contribution < 1.29 is 31.8 Å². The van der Waals surface area contributed by atoms with Crippen molar-refractivity contribution in [1.29, 1.82) is 0 Å². The lowest BCUT2D eigenvalue weighted by Gasteiger charge is -2.26. The van der Waals surface area contributed by atoms with Crippen LogP contribution in [0.1, 0.15) is 25.7 Å². The summed E-state index contributed by atoms with van der Waals surface area (Å²) in [5, 5.41) is 5.86. The first-order valence-corrected chi connectivity index (χ1v) is 15.4. The number of benzene rings is 2. The second kappa shape index (κ2) is 14.2. The van der Waals surface area contributed by atoms with E-state index < -0.39 is 15.8 Å². The summed E-state index contributed by atoms with van der Waals surface area (Å²) in [5.41, 5.74) is 0.962. The second-order valence-corrected chi connectivity index (χ2v) is 11.5. The number of likely N-dealkylation sites (tertiary alicyclic amines) is 1. The van der Waals surface area contributed by atoms with E-state index >= 15 is 0 Å². The van der Waals surface area contributed by atoms with Crippen LogP contribution >= 0.6 is 0 Å². The molecule has 228 valence electrons. The Kier molecular flexibility index (Phi) is 10.5. The van der Waals surface area contributed by atoms with Gasteiger partial charge < -0.3 is 34.5 Å². The Morgan fingerprint density at radius 3 is 2.31 bits per heavy atom. The van der Waals surface area contributed by atoms with Crippen LogP contribution in [-0.4, -0.2) is 77.1 Å². The van der Waals surface area contributed by atoms with Crippen LogP contribution in [0.2, 0.25) is 0 Å². The number of hydrogen-bond donors (Lipinski definition) is 3. The highest BCUT2D eigenvalue weighted by atomic mass is 32.2. The normalized spacial score (nSPS) is 13.7. The Balaban J connectivity index is 1.50. The van der Waals surface area contributed by atoms with E-state index in [2.05, 4.69) is 30.2 Å². The monoisotopic (exact) mass is 604 g/mol. The maximum atomic E-state index is 14.8. The molecular formula is C28H37FN6O6S. The first-order valence-electron chi connectivity index (χ1n) is 13.5. The van der Waals surface area contributed by atoms with Crippen LogP contribution in [0.4, 0.5) is 33.2 Å². The van der Waals surface area contributed by atoms with Crippen molar-refractivity contribution in [2.45, 2.75) is 25.7 Å². The minimum absolute atomic E-state index is 0.0689. The zero-order valence-electron chi connectivity index (χ0n) is 24.2. The molecule has 1 aliphatic rings. The molecule has 14 heteroatoms. The molecule has 0 aliphatic carbocycles. The van der Waals surface area contributed by atoms with E-state index in [1.807, 2.05) is 0 Å². The fourth-order valence-electron chi connectivity index (χ4n) is 4.59. The largest absolute Gasteiger partial charge is 0.493 e. The van der Waals surface area contributed by atoms with E-state index in [1.165, 1.54) is 40.6 Å². The lowest BCUT2D eigenvalue weighted by atomic mass is 10.1. The minimum Gasteiger partial charge on any atom is -0.493 e. The number of nitrogens with zero attached hydrogens (tertiary/aromatic N) is 3. The third-order valence-electron chi connectivity index (χ3n) is 6.54. The topological polar surface area (TPSA) is 136 Å². The predicted molar refractivity (Wildman–Crippen MR) is 160 cm³/mol. The lowest BCUT2D eigenvalue weighted by molar-refractivity contribution is 0.205. The van der Waals surface area contributed by atoms with E-state index in [4.69, 9.17) is 18.9 Å². The molecule has 1 aromatic heterocycles. The molecule has 0 radical (unpaired) electrons. The van der Waals surface area contributed by atoms with Gasteiger partial charge in [-0.05, 0) is 44.5 Å². The highest BCUT2D eigenvalue weighted by Crippen LogP contribution is 2.40. The minimum atomic E-state index is -3.65. The van der Waals surface area contributed by atoms with Gasteiger partial charge in [0.05, 0.1) is 51.8 Å². The van der Waals surface area contributed by atoms with Crippen molar-refractivity contribution in [3.8, 4) is 23.0 Å². The van der Waals surface area contributed by atoms with Gasteiger partial charge in [-0.25, -0.2) is 17.8 Å².